The number of hydrogen-bond donors (Lipinski definition) is 8. The number of urea groups is 1. The quantitative estimate of drug-likeness (QED) is 0.0699. The number of alkyl halides is 4. The van der Waals surface area contributed by atoms with Gasteiger partial charge in [-0.1, -0.05) is 18.2 Å². The molecule has 2 aromatic carbocycles. The van der Waals surface area contributed by atoms with Crippen molar-refractivity contribution in [3.05, 3.63) is 65.9 Å². The van der Waals surface area contributed by atoms with E-state index in [2.05, 4.69) is 31.6 Å². The number of halogens is 4. The number of carbonyl (C=O) groups excluding carboxylic acids is 6. The lowest BCUT2D eigenvalue weighted by atomic mass is 9.97. The second-order valence-corrected chi connectivity index (χ2v) is 13.7. The van der Waals surface area contributed by atoms with Gasteiger partial charge in [-0.15, -0.1) is 11.6 Å². The minimum absolute atomic E-state index is 0.0112. The predicted octanol–water partition coefficient (Wildman–Crippen LogP) is 2.76. The van der Waals surface area contributed by atoms with Crippen LogP contribution in [0.3, 0.4) is 0 Å². The Morgan fingerprint density at radius 3 is 2.30 bits per heavy atom. The van der Waals surface area contributed by atoms with Gasteiger partial charge in [0, 0.05) is 48.7 Å². The number of aliphatic carboxylic acids is 1. The van der Waals surface area contributed by atoms with Gasteiger partial charge in [0.15, 0.2) is 0 Å². The molecule has 1 fully saturated rings. The van der Waals surface area contributed by atoms with Crippen LogP contribution in [0.25, 0.3) is 10.9 Å². The molecule has 2 heterocycles. The summed E-state index contributed by atoms with van der Waals surface area (Å²) < 4.78 is 39.4. The number of piperidine rings is 1. The van der Waals surface area contributed by atoms with Crippen LogP contribution >= 0.6 is 11.6 Å². The number of aromatic amines is 1. The highest BCUT2D eigenvalue weighted by Crippen LogP contribution is 2.30. The molecule has 1 aliphatic rings. The first-order chi connectivity index (χ1) is 27.1. The molecule has 4 atom stereocenters. The lowest BCUT2D eigenvalue weighted by Crippen LogP contribution is -2.60. The number of amides is 7. The minimum Gasteiger partial charge on any atom is -0.481 e. The van der Waals surface area contributed by atoms with E-state index in [1.165, 1.54) is 4.90 Å². The number of carbonyl (C=O) groups is 7. The number of nitrogens with one attached hydrogen (secondary N) is 6. The Balaban J connectivity index is 1.61. The number of nitrogens with zero attached hydrogens (tertiary/aromatic N) is 1. The van der Waals surface area contributed by atoms with Crippen molar-refractivity contribution in [1.29, 1.82) is 0 Å². The van der Waals surface area contributed by atoms with Crippen molar-refractivity contribution in [2.45, 2.75) is 81.7 Å². The first-order valence-electron chi connectivity index (χ1n) is 18.1. The molecule has 0 saturated carbocycles. The van der Waals surface area contributed by atoms with Crippen LogP contribution in [0.1, 0.15) is 56.1 Å². The van der Waals surface area contributed by atoms with Crippen molar-refractivity contribution in [3.8, 4) is 0 Å². The molecule has 9 N–H and O–H groups in total. The number of primary amides is 1. The Bertz CT molecular complexity index is 1930. The molecular weight excluding hydrogens is 777 g/mol. The molecule has 308 valence electrons. The molecule has 0 bridgehead atoms. The van der Waals surface area contributed by atoms with Crippen molar-refractivity contribution < 1.29 is 51.8 Å². The third kappa shape index (κ3) is 12.8. The third-order valence-electron chi connectivity index (χ3n) is 9.30. The van der Waals surface area contributed by atoms with Gasteiger partial charge in [0.1, 0.15) is 30.0 Å². The molecule has 0 unspecified atom stereocenters. The second kappa shape index (κ2) is 20.4. The van der Waals surface area contributed by atoms with E-state index >= 15 is 0 Å². The number of likely N-dealkylation sites (tertiary alicyclic amines) is 1. The molecule has 4 rings (SSSR count). The monoisotopic (exact) mass is 820 g/mol. The van der Waals surface area contributed by atoms with Crippen LogP contribution in [0.15, 0.2) is 54.7 Å². The average Bonchev–Trinajstić information content (AvgIpc) is 3.59. The first-order valence-corrected chi connectivity index (χ1v) is 18.7. The molecule has 0 aliphatic carbocycles. The van der Waals surface area contributed by atoms with E-state index in [4.69, 9.17) is 17.3 Å². The summed E-state index contributed by atoms with van der Waals surface area (Å²) >= 11 is 5.63. The van der Waals surface area contributed by atoms with Crippen LogP contribution < -0.4 is 32.3 Å². The molecule has 1 aromatic heterocycles. The van der Waals surface area contributed by atoms with Gasteiger partial charge in [-0.05, 0) is 74.4 Å². The zero-order valence-electron chi connectivity index (χ0n) is 30.6. The van der Waals surface area contributed by atoms with Crippen molar-refractivity contribution in [2.75, 3.05) is 24.3 Å². The summed E-state index contributed by atoms with van der Waals surface area (Å²) in [6, 6.07) is 4.97. The second-order valence-electron chi connectivity index (χ2n) is 13.4. The zero-order chi connectivity index (χ0) is 41.7. The summed E-state index contributed by atoms with van der Waals surface area (Å²) in [5.41, 5.74) is 5.59. The maximum absolute atomic E-state index is 14.2. The summed E-state index contributed by atoms with van der Waals surface area (Å²) in [4.78, 5) is 94.7. The first kappa shape index (κ1) is 43.9. The van der Waals surface area contributed by atoms with Crippen molar-refractivity contribution in [2.24, 2.45) is 5.73 Å². The summed E-state index contributed by atoms with van der Waals surface area (Å²) in [6.07, 6.45) is -2.49. The molecule has 3 aromatic rings. The molecular formula is C37H44ClF3N8O8. The molecule has 20 heteroatoms. The lowest BCUT2D eigenvalue weighted by molar-refractivity contribution is -0.146. The third-order valence-corrected chi connectivity index (χ3v) is 9.55. The van der Waals surface area contributed by atoms with Gasteiger partial charge in [-0.3, -0.25) is 28.8 Å². The van der Waals surface area contributed by atoms with Gasteiger partial charge in [-0.25, -0.2) is 4.79 Å². The zero-order valence-corrected chi connectivity index (χ0v) is 31.4. The Morgan fingerprint density at radius 1 is 0.912 bits per heavy atom. The number of benzene rings is 2. The van der Waals surface area contributed by atoms with E-state index in [0.29, 0.717) is 18.4 Å². The van der Waals surface area contributed by atoms with Crippen molar-refractivity contribution in [3.63, 3.8) is 0 Å². The number of aromatic nitrogens is 1. The van der Waals surface area contributed by atoms with Gasteiger partial charge in [0.05, 0.1) is 5.56 Å². The molecule has 0 spiro atoms. The van der Waals surface area contributed by atoms with Gasteiger partial charge in [-0.2, -0.15) is 13.2 Å². The molecule has 16 nitrogen and oxygen atoms in total. The van der Waals surface area contributed by atoms with Crippen LogP contribution in [0.4, 0.5) is 23.7 Å². The number of carboxylic acids is 1. The van der Waals surface area contributed by atoms with Gasteiger partial charge in [0.2, 0.25) is 29.5 Å². The van der Waals surface area contributed by atoms with E-state index in [1.807, 2.05) is 6.07 Å². The highest BCUT2D eigenvalue weighted by Gasteiger charge is 2.38. The Morgan fingerprint density at radius 2 is 1.63 bits per heavy atom. The maximum Gasteiger partial charge on any atom is 0.416 e. The Kier molecular flexibility index (Phi) is 15.7. The number of fused-ring (bicyclic) bond motifs is 1. The summed E-state index contributed by atoms with van der Waals surface area (Å²) in [5.74, 6) is -5.44. The van der Waals surface area contributed by atoms with Crippen LogP contribution in [-0.4, -0.2) is 99.7 Å². The van der Waals surface area contributed by atoms with Crippen LogP contribution in [0, 0.1) is 0 Å². The smallest absolute Gasteiger partial charge is 0.416 e. The number of para-hydroxylation sites is 1. The predicted molar refractivity (Wildman–Crippen MR) is 202 cm³/mol. The number of carboxylic acid groups (broad SMARTS) is 1. The number of anilines is 1. The van der Waals surface area contributed by atoms with Gasteiger partial charge >= 0.3 is 18.2 Å². The van der Waals surface area contributed by atoms with Crippen molar-refractivity contribution in [1.82, 2.24) is 31.2 Å². The molecule has 57 heavy (non-hydrogen) atoms. The summed E-state index contributed by atoms with van der Waals surface area (Å²) in [6.45, 7) is 0.122. The fraction of sp³-hybridized carbons (Fsp3) is 0.432. The molecule has 1 aliphatic heterocycles. The summed E-state index contributed by atoms with van der Waals surface area (Å²) in [5, 5.41) is 22.7. The fourth-order valence-electron chi connectivity index (χ4n) is 6.45. The van der Waals surface area contributed by atoms with E-state index in [1.54, 1.807) is 24.4 Å². The SMILES string of the molecule is NC(=O)NCCC[C@H](NC(=O)[C@H](Cc1c[nH]c2ccccc12)NC(=O)[C@@H]1CCCCN1C(=O)[C@H](CCC(=O)O)NC(=O)CCl)C(=O)Nc1ccc(C(F)(F)F)cc1. The minimum atomic E-state index is -4.61. The molecule has 1 saturated heterocycles. The Hall–Kier alpha value is -5.85. The van der Waals surface area contributed by atoms with Gasteiger partial charge in [0.25, 0.3) is 0 Å². The van der Waals surface area contributed by atoms with Crippen LogP contribution in [-0.2, 0) is 41.4 Å². The number of H-pyrrole nitrogens is 1. The standard InChI is InChI=1S/C37H44ClF3N8O8/c38-19-30(50)46-27(14-15-31(51)52)35(56)49-17-4-3-9-29(49)34(55)48-28(18-21-20-44-25-7-2-1-6-24(21)25)33(54)47-26(8-5-16-43-36(42)57)32(53)45-23-12-10-22(11-13-23)37(39,40)41/h1-2,6-7,10-13,20,26-29,44H,3-5,8-9,14-19H2,(H,45,53)(H,46,50)(H,47,54)(H,48,55)(H,51,52)(H3,42,43,57)/t26-,27-,28-,29-/m0/s1. The normalized spacial score (nSPS) is 15.8. The lowest BCUT2D eigenvalue weighted by Gasteiger charge is -2.37. The largest absolute Gasteiger partial charge is 0.481 e. The average molecular weight is 821 g/mol. The van der Waals surface area contributed by atoms with E-state index in [9.17, 15) is 51.8 Å². The van der Waals surface area contributed by atoms with Gasteiger partial charge < -0.3 is 47.3 Å². The maximum atomic E-state index is 14.2. The molecule has 7 amide bonds. The summed E-state index contributed by atoms with van der Waals surface area (Å²) in [7, 11) is 0. The van der Waals surface area contributed by atoms with Crippen LogP contribution in [0.2, 0.25) is 0 Å². The highest BCUT2D eigenvalue weighted by molar-refractivity contribution is 6.27. The highest BCUT2D eigenvalue weighted by atomic mass is 35.5. The topological polar surface area (TPSA) is 245 Å². The number of nitrogens with two attached hydrogens (primary N) is 1. The van der Waals surface area contributed by atoms with E-state index < -0.39 is 89.7 Å². The number of hydrogen-bond acceptors (Lipinski definition) is 7. The van der Waals surface area contributed by atoms with Crippen molar-refractivity contribution >= 4 is 69.7 Å². The van der Waals surface area contributed by atoms with E-state index in [0.717, 1.165) is 35.2 Å². The molecule has 0 radical (unpaired) electrons. The fourth-order valence-corrected chi connectivity index (χ4v) is 6.53. The van der Waals surface area contributed by atoms with Crippen LogP contribution in [0.5, 0.6) is 0 Å². The number of rotatable bonds is 18. The Labute approximate surface area is 329 Å². The van der Waals surface area contributed by atoms with E-state index in [-0.39, 0.29) is 50.9 Å².